The van der Waals surface area contributed by atoms with Gasteiger partial charge in [0.15, 0.2) is 0 Å². The van der Waals surface area contributed by atoms with Crippen LogP contribution in [0, 0.1) is 0 Å². The van der Waals surface area contributed by atoms with Crippen molar-refractivity contribution in [1.82, 2.24) is 4.90 Å². The molecule has 1 N–H and O–H groups in total. The first-order valence-electron chi connectivity index (χ1n) is 8.09. The zero-order chi connectivity index (χ0) is 16.8. The monoisotopic (exact) mass is 342 g/mol. The minimum Gasteiger partial charge on any atom is -0.379 e. The lowest BCUT2D eigenvalue weighted by molar-refractivity contribution is 0.0342. The molecule has 1 amide bonds. The molecule has 0 spiro atoms. The van der Waals surface area contributed by atoms with Crippen LogP contribution in [0.1, 0.15) is 15.9 Å². The lowest BCUT2D eigenvalue weighted by atomic mass is 10.1. The van der Waals surface area contributed by atoms with Gasteiger partial charge in [0.2, 0.25) is 0 Å². The minimum absolute atomic E-state index is 0.0776. The molecule has 126 valence electrons. The molecule has 5 heteroatoms. The Morgan fingerprint density at radius 3 is 2.62 bits per heavy atom. The smallest absolute Gasteiger partial charge is 0.255 e. The minimum atomic E-state index is -0.0776. The van der Waals surface area contributed by atoms with E-state index in [2.05, 4.69) is 10.2 Å². The Morgan fingerprint density at radius 2 is 1.92 bits per heavy atom. The molecule has 1 aliphatic heterocycles. The van der Waals surface area contributed by atoms with E-state index in [-0.39, 0.29) is 5.91 Å². The maximum absolute atomic E-state index is 12.4. The van der Waals surface area contributed by atoms with E-state index in [0.29, 0.717) is 5.56 Å². The van der Waals surface area contributed by atoms with Gasteiger partial charge in [-0.15, -0.1) is 11.8 Å². The molecular formula is C19H22N2O2S. The van der Waals surface area contributed by atoms with Gasteiger partial charge in [0.05, 0.1) is 13.2 Å². The predicted octanol–water partition coefficient (Wildman–Crippen LogP) is 3.49. The van der Waals surface area contributed by atoms with Crippen LogP contribution in [0.3, 0.4) is 0 Å². The number of hydrogen-bond donors (Lipinski definition) is 1. The highest BCUT2D eigenvalue weighted by Gasteiger charge is 2.11. The molecule has 0 aromatic heterocycles. The van der Waals surface area contributed by atoms with E-state index >= 15 is 0 Å². The number of nitrogens with one attached hydrogen (secondary N) is 1. The number of anilines is 1. The Bertz CT molecular complexity index is 682. The topological polar surface area (TPSA) is 41.6 Å². The van der Waals surface area contributed by atoms with Crippen molar-refractivity contribution >= 4 is 23.4 Å². The van der Waals surface area contributed by atoms with Crippen LogP contribution >= 0.6 is 11.8 Å². The zero-order valence-electron chi connectivity index (χ0n) is 13.8. The second kappa shape index (κ2) is 8.33. The number of morpholine rings is 1. The number of hydrogen-bond acceptors (Lipinski definition) is 4. The number of rotatable bonds is 5. The first kappa shape index (κ1) is 17.0. The quantitative estimate of drug-likeness (QED) is 0.845. The van der Waals surface area contributed by atoms with Crippen LogP contribution in [0.2, 0.25) is 0 Å². The lowest BCUT2D eigenvalue weighted by Gasteiger charge is -2.26. The summed E-state index contributed by atoms with van der Waals surface area (Å²) in [5.41, 5.74) is 2.72. The molecule has 1 heterocycles. The summed E-state index contributed by atoms with van der Waals surface area (Å²) >= 11 is 1.66. The largest absolute Gasteiger partial charge is 0.379 e. The number of benzene rings is 2. The molecular weight excluding hydrogens is 320 g/mol. The fraction of sp³-hybridized carbons (Fsp3) is 0.316. The molecule has 4 nitrogen and oxygen atoms in total. The normalized spacial score (nSPS) is 15.2. The van der Waals surface area contributed by atoms with Crippen molar-refractivity contribution in [3.63, 3.8) is 0 Å². The van der Waals surface area contributed by atoms with E-state index < -0.39 is 0 Å². The van der Waals surface area contributed by atoms with E-state index in [1.807, 2.05) is 54.8 Å². The molecule has 24 heavy (non-hydrogen) atoms. The van der Waals surface area contributed by atoms with E-state index in [0.717, 1.165) is 43.4 Å². The van der Waals surface area contributed by atoms with Crippen LogP contribution in [0.5, 0.6) is 0 Å². The Kier molecular flexibility index (Phi) is 5.91. The fourth-order valence-corrected chi connectivity index (χ4v) is 3.14. The first-order valence-corrected chi connectivity index (χ1v) is 9.31. The molecule has 0 saturated carbocycles. The number of carbonyl (C=O) groups excluding carboxylic acids is 1. The van der Waals surface area contributed by atoms with E-state index in [1.54, 1.807) is 11.8 Å². The average Bonchev–Trinajstić information content (AvgIpc) is 2.63. The van der Waals surface area contributed by atoms with E-state index in [4.69, 9.17) is 4.74 Å². The highest BCUT2D eigenvalue weighted by molar-refractivity contribution is 7.98. The van der Waals surface area contributed by atoms with Crippen molar-refractivity contribution in [3.05, 3.63) is 59.7 Å². The summed E-state index contributed by atoms with van der Waals surface area (Å²) in [6.45, 7) is 4.44. The maximum atomic E-state index is 12.4. The predicted molar refractivity (Wildman–Crippen MR) is 98.7 cm³/mol. The molecule has 1 fully saturated rings. The summed E-state index contributed by atoms with van der Waals surface area (Å²) in [5, 5.41) is 2.95. The molecule has 0 unspecified atom stereocenters. The summed E-state index contributed by atoms with van der Waals surface area (Å²) < 4.78 is 5.36. The summed E-state index contributed by atoms with van der Waals surface area (Å²) in [6, 6.07) is 15.7. The molecule has 2 aromatic carbocycles. The molecule has 0 aliphatic carbocycles. The Labute approximate surface area is 147 Å². The second-order valence-electron chi connectivity index (χ2n) is 5.77. The molecule has 1 aliphatic rings. The molecule has 3 rings (SSSR count). The van der Waals surface area contributed by atoms with Crippen molar-refractivity contribution < 1.29 is 9.53 Å². The van der Waals surface area contributed by atoms with Crippen LogP contribution in [-0.2, 0) is 11.3 Å². The zero-order valence-corrected chi connectivity index (χ0v) is 14.6. The number of ether oxygens (including phenoxy) is 1. The van der Waals surface area contributed by atoms with Crippen LogP contribution in [0.15, 0.2) is 53.4 Å². The number of nitrogens with zero attached hydrogens (tertiary/aromatic N) is 1. The number of amides is 1. The molecule has 0 radical (unpaired) electrons. The first-order chi connectivity index (χ1) is 11.7. The number of thioether (sulfide) groups is 1. The van der Waals surface area contributed by atoms with Gasteiger partial charge in [0.25, 0.3) is 5.91 Å². The van der Waals surface area contributed by atoms with Crippen LogP contribution in [0.25, 0.3) is 0 Å². The summed E-state index contributed by atoms with van der Waals surface area (Å²) in [4.78, 5) is 15.9. The average molecular weight is 342 g/mol. The van der Waals surface area contributed by atoms with Gasteiger partial charge in [0.1, 0.15) is 0 Å². The van der Waals surface area contributed by atoms with Crippen molar-refractivity contribution in [2.24, 2.45) is 0 Å². The Hall–Kier alpha value is -1.82. The van der Waals surface area contributed by atoms with Gasteiger partial charge in [-0.2, -0.15) is 0 Å². The third kappa shape index (κ3) is 4.60. The van der Waals surface area contributed by atoms with Gasteiger partial charge in [-0.1, -0.05) is 18.2 Å². The van der Waals surface area contributed by atoms with Crippen molar-refractivity contribution in [2.45, 2.75) is 11.4 Å². The Balaban J connectivity index is 1.60. The fourth-order valence-electron chi connectivity index (χ4n) is 2.68. The molecule has 1 saturated heterocycles. The van der Waals surface area contributed by atoms with Gasteiger partial charge < -0.3 is 10.1 Å². The highest BCUT2D eigenvalue weighted by Crippen LogP contribution is 2.19. The third-order valence-electron chi connectivity index (χ3n) is 4.05. The second-order valence-corrected chi connectivity index (χ2v) is 6.65. The van der Waals surface area contributed by atoms with Crippen molar-refractivity contribution in [3.8, 4) is 0 Å². The van der Waals surface area contributed by atoms with Gasteiger partial charge in [-0.05, 0) is 42.2 Å². The molecule has 2 aromatic rings. The van der Waals surface area contributed by atoms with Gasteiger partial charge in [-0.25, -0.2) is 0 Å². The Morgan fingerprint density at radius 1 is 1.17 bits per heavy atom. The van der Waals surface area contributed by atoms with Crippen LogP contribution in [0.4, 0.5) is 5.69 Å². The third-order valence-corrected chi connectivity index (χ3v) is 4.78. The SMILES string of the molecule is CSc1cccc(NC(=O)c2ccc(CN3CCOCC3)cc2)c1. The maximum Gasteiger partial charge on any atom is 0.255 e. The van der Waals surface area contributed by atoms with E-state index in [1.165, 1.54) is 5.56 Å². The summed E-state index contributed by atoms with van der Waals surface area (Å²) in [6.07, 6.45) is 2.02. The standard InChI is InChI=1S/C19H22N2O2S/c1-24-18-4-2-3-17(13-18)20-19(22)16-7-5-15(6-8-16)14-21-9-11-23-12-10-21/h2-8,13H,9-12,14H2,1H3,(H,20,22). The van der Waals surface area contributed by atoms with Gasteiger partial charge in [0, 0.05) is 35.8 Å². The van der Waals surface area contributed by atoms with Gasteiger partial charge >= 0.3 is 0 Å². The van der Waals surface area contributed by atoms with E-state index in [9.17, 15) is 4.79 Å². The summed E-state index contributed by atoms with van der Waals surface area (Å²) in [7, 11) is 0. The number of carbonyl (C=O) groups is 1. The summed E-state index contributed by atoms with van der Waals surface area (Å²) in [5.74, 6) is -0.0776. The van der Waals surface area contributed by atoms with Crippen LogP contribution < -0.4 is 5.32 Å². The van der Waals surface area contributed by atoms with Crippen molar-refractivity contribution in [1.29, 1.82) is 0 Å². The molecule has 0 bridgehead atoms. The molecule has 0 atom stereocenters. The van der Waals surface area contributed by atoms with Gasteiger partial charge in [-0.3, -0.25) is 9.69 Å². The van der Waals surface area contributed by atoms with Crippen molar-refractivity contribution in [2.75, 3.05) is 37.9 Å². The lowest BCUT2D eigenvalue weighted by Crippen LogP contribution is -2.35. The highest BCUT2D eigenvalue weighted by atomic mass is 32.2. The van der Waals surface area contributed by atoms with Crippen LogP contribution in [-0.4, -0.2) is 43.4 Å².